The van der Waals surface area contributed by atoms with Crippen molar-refractivity contribution >= 4 is 5.78 Å². The monoisotopic (exact) mass is 220 g/mol. The minimum absolute atomic E-state index is 0.0606. The van der Waals surface area contributed by atoms with Crippen LogP contribution in [-0.4, -0.2) is 12.9 Å². The Hall–Kier alpha value is -1.31. The van der Waals surface area contributed by atoms with E-state index in [2.05, 4.69) is 0 Å². The lowest BCUT2D eigenvalue weighted by atomic mass is 9.90. The summed E-state index contributed by atoms with van der Waals surface area (Å²) >= 11 is 0. The van der Waals surface area contributed by atoms with E-state index >= 15 is 0 Å². The lowest BCUT2D eigenvalue weighted by Crippen LogP contribution is -2.15. The highest BCUT2D eigenvalue weighted by atomic mass is 16.5. The van der Waals surface area contributed by atoms with E-state index in [0.29, 0.717) is 0 Å². The Balaban J connectivity index is 3.00. The largest absolute Gasteiger partial charge is 0.496 e. The fourth-order valence-electron chi connectivity index (χ4n) is 1.77. The number of ether oxygens (including phenoxy) is 1. The van der Waals surface area contributed by atoms with Gasteiger partial charge in [0.15, 0.2) is 0 Å². The number of rotatable bonds is 4. The molecule has 0 aliphatic rings. The molecule has 0 fully saturated rings. The lowest BCUT2D eigenvalue weighted by Gasteiger charge is -2.15. The molecule has 0 heterocycles. The van der Waals surface area contributed by atoms with Crippen molar-refractivity contribution < 1.29 is 9.53 Å². The van der Waals surface area contributed by atoms with Crippen LogP contribution in [-0.2, 0) is 4.79 Å². The highest BCUT2D eigenvalue weighted by Crippen LogP contribution is 2.26. The molecule has 0 aliphatic carbocycles. The van der Waals surface area contributed by atoms with Crippen molar-refractivity contribution in [2.24, 2.45) is 5.92 Å². The third-order valence-corrected chi connectivity index (χ3v) is 2.93. The molecular weight excluding hydrogens is 200 g/mol. The molecule has 1 atom stereocenters. The number of aryl methyl sites for hydroxylation is 1. The van der Waals surface area contributed by atoms with Gasteiger partial charge < -0.3 is 4.74 Å². The fraction of sp³-hybridized carbons (Fsp3) is 0.500. The number of carbonyl (C=O) groups is 1. The number of hydrogen-bond acceptors (Lipinski definition) is 2. The molecule has 2 heteroatoms. The van der Waals surface area contributed by atoms with Crippen molar-refractivity contribution in [2.75, 3.05) is 7.11 Å². The van der Waals surface area contributed by atoms with Gasteiger partial charge in [-0.25, -0.2) is 0 Å². The van der Waals surface area contributed by atoms with Crippen LogP contribution in [0, 0.1) is 12.8 Å². The van der Waals surface area contributed by atoms with E-state index in [1.54, 1.807) is 7.11 Å². The summed E-state index contributed by atoms with van der Waals surface area (Å²) in [6.07, 6.45) is 0. The minimum atomic E-state index is -0.0606. The first-order valence-electron chi connectivity index (χ1n) is 5.65. The van der Waals surface area contributed by atoms with Gasteiger partial charge in [0, 0.05) is 11.8 Å². The fourth-order valence-corrected chi connectivity index (χ4v) is 1.77. The summed E-state index contributed by atoms with van der Waals surface area (Å²) in [5.74, 6) is 1.13. The number of ketones is 1. The zero-order chi connectivity index (χ0) is 12.3. The van der Waals surface area contributed by atoms with Crippen molar-refractivity contribution in [3.8, 4) is 5.75 Å². The van der Waals surface area contributed by atoms with Gasteiger partial charge in [0.1, 0.15) is 11.5 Å². The second kappa shape index (κ2) is 5.15. The zero-order valence-corrected chi connectivity index (χ0v) is 10.7. The second-order valence-electron chi connectivity index (χ2n) is 4.51. The van der Waals surface area contributed by atoms with E-state index in [-0.39, 0.29) is 17.6 Å². The Bertz CT molecular complexity index is 380. The smallest absolute Gasteiger partial charge is 0.142 e. The molecule has 1 aromatic rings. The van der Waals surface area contributed by atoms with E-state index in [9.17, 15) is 4.79 Å². The molecule has 1 rings (SSSR count). The summed E-state index contributed by atoms with van der Waals surface area (Å²) in [6, 6.07) is 5.96. The van der Waals surface area contributed by atoms with Gasteiger partial charge in [0.2, 0.25) is 0 Å². The SMILES string of the molecule is COc1cc([C@H](C)C(=O)C(C)C)ccc1C. The van der Waals surface area contributed by atoms with Crippen molar-refractivity contribution in [3.63, 3.8) is 0 Å². The molecule has 0 amide bonds. The molecule has 1 aromatic carbocycles. The maximum absolute atomic E-state index is 11.9. The average molecular weight is 220 g/mol. The number of benzene rings is 1. The molecule has 0 unspecified atom stereocenters. The maximum atomic E-state index is 11.9. The quantitative estimate of drug-likeness (QED) is 0.778. The normalized spacial score (nSPS) is 12.6. The lowest BCUT2D eigenvalue weighted by molar-refractivity contribution is -0.123. The summed E-state index contributed by atoms with van der Waals surface area (Å²) in [6.45, 7) is 7.82. The Labute approximate surface area is 97.6 Å². The Kier molecular flexibility index (Phi) is 4.11. The first kappa shape index (κ1) is 12.8. The third kappa shape index (κ3) is 2.63. The first-order chi connectivity index (χ1) is 7.47. The van der Waals surface area contributed by atoms with Gasteiger partial charge in [-0.15, -0.1) is 0 Å². The van der Waals surface area contributed by atoms with Gasteiger partial charge in [0.25, 0.3) is 0 Å². The predicted molar refractivity (Wildman–Crippen MR) is 66.0 cm³/mol. The molecule has 0 aliphatic heterocycles. The van der Waals surface area contributed by atoms with E-state index in [4.69, 9.17) is 4.74 Å². The van der Waals surface area contributed by atoms with Gasteiger partial charge >= 0.3 is 0 Å². The molecule has 0 N–H and O–H groups in total. The first-order valence-corrected chi connectivity index (χ1v) is 5.65. The topological polar surface area (TPSA) is 26.3 Å². The van der Waals surface area contributed by atoms with Crippen LogP contribution in [0.2, 0.25) is 0 Å². The summed E-state index contributed by atoms with van der Waals surface area (Å²) in [7, 11) is 1.65. The van der Waals surface area contributed by atoms with Crippen molar-refractivity contribution in [1.29, 1.82) is 0 Å². The molecule has 0 spiro atoms. The van der Waals surface area contributed by atoms with Crippen LogP contribution < -0.4 is 4.74 Å². The van der Waals surface area contributed by atoms with Crippen LogP contribution in [0.25, 0.3) is 0 Å². The number of Topliss-reactive ketones (excluding diaryl/α,β-unsaturated/α-hetero) is 1. The van der Waals surface area contributed by atoms with E-state index in [0.717, 1.165) is 16.9 Å². The van der Waals surface area contributed by atoms with Crippen molar-refractivity contribution in [2.45, 2.75) is 33.6 Å². The number of carbonyl (C=O) groups excluding carboxylic acids is 1. The van der Waals surface area contributed by atoms with Crippen LogP contribution in [0.3, 0.4) is 0 Å². The molecule has 0 aromatic heterocycles. The predicted octanol–water partition coefficient (Wildman–Crippen LogP) is 3.33. The van der Waals surface area contributed by atoms with Crippen molar-refractivity contribution in [3.05, 3.63) is 29.3 Å². The zero-order valence-electron chi connectivity index (χ0n) is 10.7. The van der Waals surface area contributed by atoms with Gasteiger partial charge in [0.05, 0.1) is 7.11 Å². The molecule has 0 bridgehead atoms. The molecule has 2 nitrogen and oxygen atoms in total. The van der Waals surface area contributed by atoms with Crippen LogP contribution in [0.5, 0.6) is 5.75 Å². The molecular formula is C14H20O2. The van der Waals surface area contributed by atoms with Crippen LogP contribution >= 0.6 is 0 Å². The van der Waals surface area contributed by atoms with E-state index < -0.39 is 0 Å². The van der Waals surface area contributed by atoms with Gasteiger partial charge in [-0.1, -0.05) is 32.9 Å². The van der Waals surface area contributed by atoms with Gasteiger partial charge in [-0.2, -0.15) is 0 Å². The second-order valence-corrected chi connectivity index (χ2v) is 4.51. The summed E-state index contributed by atoms with van der Waals surface area (Å²) in [4.78, 5) is 11.9. The van der Waals surface area contributed by atoms with Crippen LogP contribution in [0.4, 0.5) is 0 Å². The number of methoxy groups -OCH3 is 1. The van der Waals surface area contributed by atoms with Crippen LogP contribution in [0.1, 0.15) is 37.8 Å². The van der Waals surface area contributed by atoms with E-state index in [1.807, 2.05) is 45.9 Å². The highest BCUT2D eigenvalue weighted by Gasteiger charge is 2.18. The standard InChI is InChI=1S/C14H20O2/c1-9(2)14(15)11(4)12-7-6-10(3)13(8-12)16-5/h6-9,11H,1-5H3/t11-/m0/s1. The maximum Gasteiger partial charge on any atom is 0.142 e. The Morgan fingerprint density at radius 3 is 2.38 bits per heavy atom. The third-order valence-electron chi connectivity index (χ3n) is 2.93. The highest BCUT2D eigenvalue weighted by molar-refractivity contribution is 5.87. The molecule has 88 valence electrons. The Morgan fingerprint density at radius 2 is 1.88 bits per heavy atom. The summed E-state index contributed by atoms with van der Waals surface area (Å²) < 4.78 is 5.26. The van der Waals surface area contributed by atoms with Crippen LogP contribution in [0.15, 0.2) is 18.2 Å². The Morgan fingerprint density at radius 1 is 1.25 bits per heavy atom. The number of hydrogen-bond donors (Lipinski definition) is 0. The molecule has 16 heavy (non-hydrogen) atoms. The summed E-state index contributed by atoms with van der Waals surface area (Å²) in [5.41, 5.74) is 2.12. The average Bonchev–Trinajstić information content (AvgIpc) is 2.27. The minimum Gasteiger partial charge on any atom is -0.496 e. The van der Waals surface area contributed by atoms with Gasteiger partial charge in [-0.3, -0.25) is 4.79 Å². The van der Waals surface area contributed by atoms with Gasteiger partial charge in [-0.05, 0) is 24.1 Å². The molecule has 0 saturated heterocycles. The molecule has 0 saturated carbocycles. The van der Waals surface area contributed by atoms with Crippen molar-refractivity contribution in [1.82, 2.24) is 0 Å². The summed E-state index contributed by atoms with van der Waals surface area (Å²) in [5, 5.41) is 0. The molecule has 0 radical (unpaired) electrons. The van der Waals surface area contributed by atoms with E-state index in [1.165, 1.54) is 0 Å².